The molecule has 30 heavy (non-hydrogen) atoms. The largest absolute Gasteiger partial charge is 1.00 e. The SMILES string of the molecule is CC(C)C[Si](=[Zr+2])CC(C)C.[C-]1=CC=CC1.[Cl-].[Cl-].[c-]1cccc2c1Cc1ccccc1-2. The molecule has 0 N–H and O–H groups in total. The Morgan fingerprint density at radius 3 is 2.10 bits per heavy atom. The van der Waals surface area contributed by atoms with Crippen molar-refractivity contribution in [2.45, 2.75) is 52.6 Å². The number of rotatable bonds is 4. The van der Waals surface area contributed by atoms with Gasteiger partial charge in [0.2, 0.25) is 0 Å². The van der Waals surface area contributed by atoms with Gasteiger partial charge in [0, 0.05) is 0 Å². The number of halogens is 2. The number of hydrogen-bond donors (Lipinski definition) is 0. The maximum Gasteiger partial charge on any atom is -0.0253 e. The third-order valence-corrected chi connectivity index (χ3v) is 10.1. The third kappa shape index (κ3) is 10.8. The van der Waals surface area contributed by atoms with Crippen molar-refractivity contribution in [3.63, 3.8) is 0 Å². The van der Waals surface area contributed by atoms with Crippen molar-refractivity contribution < 1.29 is 48.1 Å². The van der Waals surface area contributed by atoms with Crippen LogP contribution in [0.2, 0.25) is 12.1 Å². The summed E-state index contributed by atoms with van der Waals surface area (Å²) in [5, 5.41) is 0. The van der Waals surface area contributed by atoms with Crippen LogP contribution in [0.4, 0.5) is 0 Å². The summed E-state index contributed by atoms with van der Waals surface area (Å²) in [6.07, 6.45) is 11.0. The Morgan fingerprint density at radius 2 is 1.57 bits per heavy atom. The van der Waals surface area contributed by atoms with E-state index >= 15 is 0 Å². The summed E-state index contributed by atoms with van der Waals surface area (Å²) in [5.41, 5.74) is 5.61. The van der Waals surface area contributed by atoms with Gasteiger partial charge in [-0.05, 0) is 6.42 Å². The first-order valence-corrected chi connectivity index (χ1v) is 15.9. The van der Waals surface area contributed by atoms with Crippen molar-refractivity contribution in [3.8, 4) is 11.1 Å². The molecule has 0 nitrogen and oxygen atoms in total. The fraction of sp³-hybridized carbons (Fsp3) is 0.385. The standard InChI is InChI=1S/C13H9.C8H18Si.C5H5.2ClH.Zr/c1-3-7-12-10(5-1)9-11-6-2-4-8-13(11)12;1-7(2)5-9-6-8(3)4;1-2-4-5-3-1;;;/h1-5,7-8H,9H2;7-8H,5-6H2,1-4H3;1-3H,4H2;2*1H;/q-1;;-1;;;+2/p-2. The van der Waals surface area contributed by atoms with Crippen LogP contribution >= 0.6 is 0 Å². The minimum Gasteiger partial charge on any atom is -1.00 e. The van der Waals surface area contributed by atoms with Crippen LogP contribution in [-0.4, -0.2) is 5.43 Å². The Kier molecular flexibility index (Phi) is 16.0. The van der Waals surface area contributed by atoms with E-state index in [1.54, 1.807) is 0 Å². The van der Waals surface area contributed by atoms with Crippen molar-refractivity contribution in [1.29, 1.82) is 0 Å². The van der Waals surface area contributed by atoms with Gasteiger partial charge in [-0.25, -0.2) is 12.2 Å². The molecule has 0 bridgehead atoms. The average Bonchev–Trinajstić information content (AvgIpc) is 3.32. The predicted octanol–water partition coefficient (Wildman–Crippen LogP) is 1.21. The first kappa shape index (κ1) is 29.6. The zero-order chi connectivity index (χ0) is 20.4. The van der Waals surface area contributed by atoms with E-state index in [-0.39, 0.29) is 30.2 Å². The average molecular weight is 535 g/mol. The van der Waals surface area contributed by atoms with Gasteiger partial charge < -0.3 is 24.8 Å². The normalized spacial score (nSPS) is 12.0. The Hall–Kier alpha value is -0.400. The summed E-state index contributed by atoms with van der Waals surface area (Å²) in [6.45, 7) is 9.37. The molecule has 0 saturated heterocycles. The van der Waals surface area contributed by atoms with Crippen LogP contribution in [0.3, 0.4) is 0 Å². The Bertz CT molecular complexity index is 760. The minimum atomic E-state index is 0. The van der Waals surface area contributed by atoms with Gasteiger partial charge in [0.25, 0.3) is 0 Å². The Morgan fingerprint density at radius 1 is 0.933 bits per heavy atom. The molecule has 0 spiro atoms. The summed E-state index contributed by atoms with van der Waals surface area (Å²) in [5.74, 6) is 1.87. The monoisotopic (exact) mass is 532 g/mol. The fourth-order valence-corrected chi connectivity index (χ4v) is 11.6. The van der Waals surface area contributed by atoms with E-state index < -0.39 is 0 Å². The molecule has 2 aliphatic carbocycles. The molecule has 0 fully saturated rings. The van der Waals surface area contributed by atoms with Crippen molar-refractivity contribution in [2.24, 2.45) is 11.8 Å². The molecule has 0 aromatic heterocycles. The molecular weight excluding hydrogens is 503 g/mol. The molecular formula is C26H32Cl2SiZr-2. The number of allylic oxidation sites excluding steroid dienone is 4. The van der Waals surface area contributed by atoms with E-state index in [1.165, 1.54) is 34.3 Å². The summed E-state index contributed by atoms with van der Waals surface area (Å²) < 4.78 is 0. The molecule has 4 rings (SSSR count). The van der Waals surface area contributed by atoms with Gasteiger partial charge in [-0.1, -0.05) is 35.4 Å². The molecule has 0 aliphatic heterocycles. The quantitative estimate of drug-likeness (QED) is 0.349. The van der Waals surface area contributed by atoms with Crippen molar-refractivity contribution in [2.75, 3.05) is 0 Å². The maximum atomic E-state index is 3.30. The fourth-order valence-electron chi connectivity index (χ4n) is 3.41. The first-order chi connectivity index (χ1) is 13.5. The van der Waals surface area contributed by atoms with Crippen LogP contribution in [-0.2, 0) is 29.8 Å². The van der Waals surface area contributed by atoms with E-state index in [0.29, 0.717) is 0 Å². The van der Waals surface area contributed by atoms with Crippen molar-refractivity contribution in [3.05, 3.63) is 84.0 Å². The van der Waals surface area contributed by atoms with Crippen LogP contribution < -0.4 is 24.8 Å². The molecule has 0 radical (unpaired) electrons. The van der Waals surface area contributed by atoms with Gasteiger partial charge in [0.05, 0.1) is 0 Å². The molecule has 0 unspecified atom stereocenters. The van der Waals surface area contributed by atoms with Gasteiger partial charge >= 0.3 is 80.4 Å². The smallest absolute Gasteiger partial charge is 0.0253 e. The van der Waals surface area contributed by atoms with E-state index in [9.17, 15) is 0 Å². The van der Waals surface area contributed by atoms with Gasteiger partial charge in [0.1, 0.15) is 0 Å². The number of hydrogen-bond acceptors (Lipinski definition) is 0. The predicted molar refractivity (Wildman–Crippen MR) is 120 cm³/mol. The zero-order valence-corrected chi connectivity index (χ0v) is 23.5. The topological polar surface area (TPSA) is 0 Å². The molecule has 2 aromatic rings. The molecule has 160 valence electrons. The van der Waals surface area contributed by atoms with Crippen LogP contribution in [0.15, 0.2) is 60.7 Å². The molecule has 0 atom stereocenters. The van der Waals surface area contributed by atoms with Gasteiger partial charge in [-0.15, -0.1) is 12.0 Å². The summed E-state index contributed by atoms with van der Waals surface area (Å²) >= 11 is 1.83. The van der Waals surface area contributed by atoms with E-state index in [2.05, 4.69) is 82.3 Å². The van der Waals surface area contributed by atoms with Gasteiger partial charge in [-0.2, -0.15) is 35.9 Å². The van der Waals surface area contributed by atoms with Crippen LogP contribution in [0, 0.1) is 24.0 Å². The molecule has 0 heterocycles. The maximum absolute atomic E-state index is 3.30. The van der Waals surface area contributed by atoms with E-state index in [1.807, 2.05) is 41.6 Å². The van der Waals surface area contributed by atoms with Crippen LogP contribution in [0.5, 0.6) is 0 Å². The summed E-state index contributed by atoms with van der Waals surface area (Å²) in [6, 6.07) is 21.2. The molecule has 0 amide bonds. The Labute approximate surface area is 211 Å². The number of benzene rings is 2. The second kappa shape index (κ2) is 16.3. The van der Waals surface area contributed by atoms with Crippen LogP contribution in [0.1, 0.15) is 45.2 Å². The van der Waals surface area contributed by atoms with Crippen molar-refractivity contribution in [1.82, 2.24) is 0 Å². The minimum absolute atomic E-state index is 0. The molecule has 2 aliphatic rings. The zero-order valence-electron chi connectivity index (χ0n) is 18.5. The van der Waals surface area contributed by atoms with Crippen LogP contribution in [0.25, 0.3) is 11.1 Å². The third-order valence-electron chi connectivity index (χ3n) is 4.51. The van der Waals surface area contributed by atoms with Gasteiger partial charge in [-0.3, -0.25) is 6.08 Å². The van der Waals surface area contributed by atoms with Gasteiger partial charge in [0.15, 0.2) is 0 Å². The second-order valence-electron chi connectivity index (χ2n) is 8.20. The van der Waals surface area contributed by atoms with E-state index in [4.69, 9.17) is 0 Å². The summed E-state index contributed by atoms with van der Waals surface area (Å²) in [7, 11) is 0. The molecule has 4 heteroatoms. The Balaban J connectivity index is 0.000000444. The van der Waals surface area contributed by atoms with E-state index in [0.717, 1.165) is 24.7 Å². The van der Waals surface area contributed by atoms with Crippen molar-refractivity contribution >= 4 is 5.43 Å². The number of fused-ring (bicyclic) bond motifs is 3. The first-order valence-electron chi connectivity index (χ1n) is 10.3. The molecule has 2 aromatic carbocycles. The molecule has 0 saturated carbocycles. The summed E-state index contributed by atoms with van der Waals surface area (Å²) in [4.78, 5) is 0. The second-order valence-corrected chi connectivity index (χ2v) is 15.4.